The molecule has 2 aromatic rings. The molecule has 9 heteroatoms. The largest absolute Gasteiger partial charge is 0.441 e. The third-order valence-corrected chi connectivity index (χ3v) is 6.17. The van der Waals surface area contributed by atoms with Crippen molar-refractivity contribution in [2.75, 3.05) is 32.1 Å². The number of fused-ring (bicyclic) bond motifs is 1. The molecule has 0 saturated carbocycles. The van der Waals surface area contributed by atoms with E-state index in [1.54, 1.807) is 12.4 Å². The number of ether oxygens (including phenoxy) is 2. The molecule has 1 unspecified atom stereocenters. The predicted molar refractivity (Wildman–Crippen MR) is 88.2 cm³/mol. The molecule has 0 N–H and O–H groups in total. The van der Waals surface area contributed by atoms with Crippen molar-refractivity contribution in [1.29, 1.82) is 0 Å². The van der Waals surface area contributed by atoms with E-state index in [0.717, 1.165) is 11.3 Å². The summed E-state index contributed by atoms with van der Waals surface area (Å²) in [5.41, 5.74) is 1.44. The van der Waals surface area contributed by atoms with E-state index >= 15 is 0 Å². The van der Waals surface area contributed by atoms with E-state index in [0.29, 0.717) is 44.4 Å². The van der Waals surface area contributed by atoms with Crippen LogP contribution in [0.15, 0.2) is 28.9 Å². The summed E-state index contributed by atoms with van der Waals surface area (Å²) in [5, 5.41) is 0. The van der Waals surface area contributed by atoms with Crippen LogP contribution < -0.4 is 0 Å². The molecule has 0 amide bonds. The van der Waals surface area contributed by atoms with Crippen molar-refractivity contribution in [2.24, 2.45) is 0 Å². The average Bonchev–Trinajstić information content (AvgIpc) is 3.06. The van der Waals surface area contributed by atoms with Gasteiger partial charge in [0.25, 0.3) is 0 Å². The molecule has 0 spiro atoms. The molecule has 2 aromatic heterocycles. The third kappa shape index (κ3) is 3.59. The second-order valence-corrected chi connectivity index (χ2v) is 8.07. The van der Waals surface area contributed by atoms with Gasteiger partial charge in [-0.05, 0) is 12.1 Å². The van der Waals surface area contributed by atoms with Crippen molar-refractivity contribution >= 4 is 10.0 Å². The maximum atomic E-state index is 12.7. The fourth-order valence-electron chi connectivity index (χ4n) is 3.00. The minimum Gasteiger partial charge on any atom is -0.441 e. The summed E-state index contributed by atoms with van der Waals surface area (Å²) in [4.78, 5) is 8.52. The van der Waals surface area contributed by atoms with Gasteiger partial charge in [0.15, 0.2) is 0 Å². The van der Waals surface area contributed by atoms with Crippen LogP contribution in [0.3, 0.4) is 0 Å². The Balaban J connectivity index is 1.49. The van der Waals surface area contributed by atoms with Gasteiger partial charge in [-0.3, -0.25) is 4.98 Å². The first kappa shape index (κ1) is 16.6. The maximum absolute atomic E-state index is 12.7. The number of hydrogen-bond donors (Lipinski definition) is 0. The average molecular weight is 365 g/mol. The standard InChI is InChI=1S/C16H19N3O5S/c20-25(21,11-13-10-22-6-7-23-13)19-5-3-15-14(9-19)18-16(24-15)12-2-1-4-17-8-12/h1-2,4,8,13H,3,5-7,9-11H2. The van der Waals surface area contributed by atoms with E-state index in [1.807, 2.05) is 12.1 Å². The molecule has 0 aliphatic carbocycles. The maximum Gasteiger partial charge on any atom is 0.228 e. The summed E-state index contributed by atoms with van der Waals surface area (Å²) < 4.78 is 43.3. The van der Waals surface area contributed by atoms with Gasteiger partial charge < -0.3 is 13.9 Å². The first-order chi connectivity index (χ1) is 12.1. The monoisotopic (exact) mass is 365 g/mol. The first-order valence-corrected chi connectivity index (χ1v) is 9.79. The van der Waals surface area contributed by atoms with Crippen LogP contribution in [0.25, 0.3) is 11.5 Å². The van der Waals surface area contributed by atoms with Crippen LogP contribution >= 0.6 is 0 Å². The summed E-state index contributed by atoms with van der Waals surface area (Å²) in [5.74, 6) is 1.14. The number of rotatable bonds is 4. The molecule has 4 heterocycles. The molecular weight excluding hydrogens is 346 g/mol. The van der Waals surface area contributed by atoms with Crippen LogP contribution in [0.1, 0.15) is 11.5 Å². The van der Waals surface area contributed by atoms with E-state index < -0.39 is 16.1 Å². The first-order valence-electron chi connectivity index (χ1n) is 8.18. The summed E-state index contributed by atoms with van der Waals surface area (Å²) in [7, 11) is -3.45. The molecular formula is C16H19N3O5S. The Morgan fingerprint density at radius 2 is 2.24 bits per heavy atom. The topological polar surface area (TPSA) is 94.8 Å². The molecule has 8 nitrogen and oxygen atoms in total. The van der Waals surface area contributed by atoms with E-state index in [1.165, 1.54) is 4.31 Å². The Labute approximate surface area is 145 Å². The third-order valence-electron chi connectivity index (χ3n) is 4.28. The van der Waals surface area contributed by atoms with Crippen LogP contribution in [0.4, 0.5) is 0 Å². The Morgan fingerprint density at radius 1 is 1.32 bits per heavy atom. The van der Waals surface area contributed by atoms with Gasteiger partial charge in [0.05, 0.1) is 49.5 Å². The SMILES string of the molecule is O=S(=O)(CC1COCCO1)N1CCc2oc(-c3cccnc3)nc2C1. The molecule has 1 saturated heterocycles. The quantitative estimate of drug-likeness (QED) is 0.792. The second kappa shape index (κ2) is 6.83. The van der Waals surface area contributed by atoms with Crippen molar-refractivity contribution < 1.29 is 22.3 Å². The van der Waals surface area contributed by atoms with Crippen molar-refractivity contribution in [1.82, 2.24) is 14.3 Å². The van der Waals surface area contributed by atoms with Crippen LogP contribution in [0, 0.1) is 0 Å². The lowest BCUT2D eigenvalue weighted by Crippen LogP contribution is -2.43. The molecule has 2 aliphatic rings. The zero-order valence-electron chi connectivity index (χ0n) is 13.6. The zero-order valence-corrected chi connectivity index (χ0v) is 14.4. The van der Waals surface area contributed by atoms with E-state index in [9.17, 15) is 8.42 Å². The zero-order chi connectivity index (χ0) is 17.3. The minimum absolute atomic E-state index is 0.0738. The lowest BCUT2D eigenvalue weighted by Gasteiger charge is -2.28. The molecule has 25 heavy (non-hydrogen) atoms. The van der Waals surface area contributed by atoms with Gasteiger partial charge in [-0.1, -0.05) is 0 Å². The molecule has 1 atom stereocenters. The lowest BCUT2D eigenvalue weighted by atomic mass is 10.2. The predicted octanol–water partition coefficient (Wildman–Crippen LogP) is 0.840. The molecule has 2 aliphatic heterocycles. The number of hydrogen-bond acceptors (Lipinski definition) is 7. The Hall–Kier alpha value is -1.81. The van der Waals surface area contributed by atoms with Crippen LogP contribution in [-0.4, -0.2) is 60.9 Å². The van der Waals surface area contributed by atoms with Gasteiger partial charge in [-0.25, -0.2) is 13.4 Å². The number of nitrogens with zero attached hydrogens (tertiary/aromatic N) is 3. The molecule has 4 rings (SSSR count). The highest BCUT2D eigenvalue weighted by atomic mass is 32.2. The van der Waals surface area contributed by atoms with E-state index in [4.69, 9.17) is 13.9 Å². The van der Waals surface area contributed by atoms with Gasteiger partial charge in [0.2, 0.25) is 15.9 Å². The fourth-order valence-corrected chi connectivity index (χ4v) is 4.56. The van der Waals surface area contributed by atoms with Gasteiger partial charge in [-0.2, -0.15) is 4.31 Å². The van der Waals surface area contributed by atoms with Crippen molar-refractivity contribution in [2.45, 2.75) is 19.1 Å². The normalized spacial score (nSPS) is 21.8. The van der Waals surface area contributed by atoms with E-state index in [2.05, 4.69) is 9.97 Å². The highest BCUT2D eigenvalue weighted by Gasteiger charge is 2.33. The van der Waals surface area contributed by atoms with Gasteiger partial charge in [-0.15, -0.1) is 0 Å². The van der Waals surface area contributed by atoms with Crippen LogP contribution in [0.2, 0.25) is 0 Å². The molecule has 0 radical (unpaired) electrons. The second-order valence-electron chi connectivity index (χ2n) is 6.06. The number of aromatic nitrogens is 2. The van der Waals surface area contributed by atoms with Gasteiger partial charge >= 0.3 is 0 Å². The Morgan fingerprint density at radius 3 is 3.00 bits per heavy atom. The van der Waals surface area contributed by atoms with Crippen molar-refractivity contribution in [3.8, 4) is 11.5 Å². The Kier molecular flexibility index (Phi) is 4.55. The lowest BCUT2D eigenvalue weighted by molar-refractivity contribution is -0.0785. The van der Waals surface area contributed by atoms with Crippen LogP contribution in [-0.2, 0) is 32.5 Å². The molecule has 1 fully saturated rings. The van der Waals surface area contributed by atoms with Gasteiger partial charge in [0, 0.05) is 25.4 Å². The molecule has 0 aromatic carbocycles. The molecule has 134 valence electrons. The van der Waals surface area contributed by atoms with Crippen molar-refractivity contribution in [3.63, 3.8) is 0 Å². The summed E-state index contributed by atoms with van der Waals surface area (Å²) in [6, 6.07) is 3.67. The smallest absolute Gasteiger partial charge is 0.228 e. The van der Waals surface area contributed by atoms with Crippen LogP contribution in [0.5, 0.6) is 0 Å². The summed E-state index contributed by atoms with van der Waals surface area (Å²) in [6.45, 7) is 1.86. The minimum atomic E-state index is -3.45. The summed E-state index contributed by atoms with van der Waals surface area (Å²) in [6.07, 6.45) is 3.44. The molecule has 0 bridgehead atoms. The fraction of sp³-hybridized carbons (Fsp3) is 0.500. The van der Waals surface area contributed by atoms with Crippen molar-refractivity contribution in [3.05, 3.63) is 36.0 Å². The van der Waals surface area contributed by atoms with E-state index in [-0.39, 0.29) is 12.3 Å². The Bertz CT molecular complexity index is 831. The highest BCUT2D eigenvalue weighted by Crippen LogP contribution is 2.27. The van der Waals surface area contributed by atoms with Gasteiger partial charge in [0.1, 0.15) is 5.76 Å². The number of pyridine rings is 1. The highest BCUT2D eigenvalue weighted by molar-refractivity contribution is 7.89. The number of oxazole rings is 1. The summed E-state index contributed by atoms with van der Waals surface area (Å²) >= 11 is 0. The number of sulfonamides is 1.